The molecule has 0 unspecified atom stereocenters. The zero-order valence-corrected chi connectivity index (χ0v) is 11.1. The summed E-state index contributed by atoms with van der Waals surface area (Å²) in [6.07, 6.45) is 5.86. The van der Waals surface area contributed by atoms with Crippen LogP contribution >= 0.6 is 0 Å². The molecular weight excluding hydrogens is 254 g/mol. The van der Waals surface area contributed by atoms with Crippen LogP contribution in [0.2, 0.25) is 0 Å². The molecule has 0 heterocycles. The van der Waals surface area contributed by atoms with Crippen molar-refractivity contribution < 1.29 is 14.7 Å². The van der Waals surface area contributed by atoms with Crippen molar-refractivity contribution in [2.24, 2.45) is 17.0 Å². The summed E-state index contributed by atoms with van der Waals surface area (Å²) in [6.45, 7) is 5.51. The second-order valence-electron chi connectivity index (χ2n) is 5.15. The van der Waals surface area contributed by atoms with Crippen LogP contribution in [0.3, 0.4) is 0 Å². The summed E-state index contributed by atoms with van der Waals surface area (Å²) in [6, 6.07) is 0. The van der Waals surface area contributed by atoms with Crippen molar-refractivity contribution in [3.8, 4) is 0 Å². The average Bonchev–Trinajstić information content (AvgIpc) is 2.28. The van der Waals surface area contributed by atoms with Gasteiger partial charge in [-0.3, -0.25) is 4.84 Å². The van der Waals surface area contributed by atoms with Gasteiger partial charge in [-0.05, 0) is 32.6 Å². The summed E-state index contributed by atoms with van der Waals surface area (Å²) < 4.78 is 0. The van der Waals surface area contributed by atoms with Crippen LogP contribution in [-0.2, 0) is 4.84 Å². The Kier molecular flexibility index (Phi) is 4.57. The second-order valence-corrected chi connectivity index (χ2v) is 5.15. The summed E-state index contributed by atoms with van der Waals surface area (Å²) in [5, 5.41) is 23.9. The standard InChI is InChI=1S/C11H17N3O5/c1-8-4-6-9(7-5-8)11(2,3)19-12-10(13(15)16)14(17)18/h4,6,8-9H,5,7H2,1-3H3/t8-,9+/m1/s1. The molecule has 8 nitrogen and oxygen atoms in total. The SMILES string of the molecule is C[C@@H]1C=C[C@H](C(C)(C)ON=C([N+](=O)[O-])[N+](=O)[O-])CC1. The molecule has 0 radical (unpaired) electrons. The van der Waals surface area contributed by atoms with Crippen LogP contribution in [0.1, 0.15) is 33.6 Å². The number of hydrogen-bond donors (Lipinski definition) is 0. The minimum absolute atomic E-state index is 0.0206. The van der Waals surface area contributed by atoms with Crippen LogP contribution in [0, 0.1) is 32.1 Å². The van der Waals surface area contributed by atoms with Gasteiger partial charge in [-0.15, -0.1) is 0 Å². The Morgan fingerprint density at radius 3 is 2.26 bits per heavy atom. The van der Waals surface area contributed by atoms with E-state index in [4.69, 9.17) is 4.84 Å². The summed E-state index contributed by atoms with van der Waals surface area (Å²) in [5.41, 5.74) is -0.825. The number of hydrogen-bond acceptors (Lipinski definition) is 6. The highest BCUT2D eigenvalue weighted by Gasteiger charge is 2.38. The molecule has 0 aromatic rings. The number of rotatable bonds is 3. The number of nitro groups is 2. The molecule has 0 aromatic heterocycles. The lowest BCUT2D eigenvalue weighted by molar-refractivity contribution is -0.506. The van der Waals surface area contributed by atoms with Gasteiger partial charge in [0, 0.05) is 5.92 Å². The van der Waals surface area contributed by atoms with Crippen LogP contribution in [0.25, 0.3) is 0 Å². The average molecular weight is 271 g/mol. The monoisotopic (exact) mass is 271 g/mol. The van der Waals surface area contributed by atoms with E-state index in [9.17, 15) is 20.2 Å². The van der Waals surface area contributed by atoms with Crippen molar-refractivity contribution in [2.75, 3.05) is 0 Å². The van der Waals surface area contributed by atoms with Gasteiger partial charge in [0.1, 0.15) is 0 Å². The molecule has 2 atom stereocenters. The molecule has 0 amide bonds. The molecule has 8 heteroatoms. The Morgan fingerprint density at radius 2 is 1.84 bits per heavy atom. The fourth-order valence-corrected chi connectivity index (χ4v) is 1.90. The molecule has 0 aromatic carbocycles. The third kappa shape index (κ3) is 4.01. The van der Waals surface area contributed by atoms with Crippen LogP contribution in [0.5, 0.6) is 0 Å². The first kappa shape index (κ1) is 15.1. The first-order chi connectivity index (χ1) is 8.74. The number of oxime groups is 1. The number of nitrogens with zero attached hydrogens (tertiary/aromatic N) is 3. The van der Waals surface area contributed by atoms with Crippen molar-refractivity contribution in [3.63, 3.8) is 0 Å². The first-order valence-electron chi connectivity index (χ1n) is 5.97. The molecule has 0 N–H and O–H groups in total. The van der Waals surface area contributed by atoms with Gasteiger partial charge in [-0.2, -0.15) is 0 Å². The Labute approximate surface area is 110 Å². The zero-order chi connectivity index (χ0) is 14.6. The fourth-order valence-electron chi connectivity index (χ4n) is 1.90. The summed E-state index contributed by atoms with van der Waals surface area (Å²) >= 11 is 0. The van der Waals surface area contributed by atoms with Crippen LogP contribution in [0.15, 0.2) is 17.3 Å². The topological polar surface area (TPSA) is 108 Å². The lowest BCUT2D eigenvalue weighted by atomic mass is 9.80. The first-order valence-corrected chi connectivity index (χ1v) is 5.97. The van der Waals surface area contributed by atoms with Gasteiger partial charge >= 0.3 is 5.96 Å². The van der Waals surface area contributed by atoms with Gasteiger partial charge in [-0.1, -0.05) is 19.1 Å². The van der Waals surface area contributed by atoms with Gasteiger partial charge in [0.25, 0.3) is 5.16 Å². The summed E-state index contributed by atoms with van der Waals surface area (Å²) in [7, 11) is 0. The zero-order valence-electron chi connectivity index (χ0n) is 11.1. The maximum atomic E-state index is 10.4. The minimum Gasteiger partial charge on any atom is -0.320 e. The van der Waals surface area contributed by atoms with E-state index in [-0.39, 0.29) is 5.92 Å². The van der Waals surface area contributed by atoms with Gasteiger partial charge in [0.15, 0.2) is 5.60 Å². The fraction of sp³-hybridized carbons (Fsp3) is 0.727. The highest BCUT2D eigenvalue weighted by molar-refractivity contribution is 5.61. The van der Waals surface area contributed by atoms with E-state index in [0.717, 1.165) is 12.8 Å². The van der Waals surface area contributed by atoms with Crippen molar-refractivity contribution in [1.29, 1.82) is 0 Å². The van der Waals surface area contributed by atoms with Gasteiger partial charge in [0.2, 0.25) is 0 Å². The molecule has 0 aliphatic heterocycles. The summed E-state index contributed by atoms with van der Waals surface area (Å²) in [4.78, 5) is 23.5. The molecule has 0 fully saturated rings. The third-order valence-corrected chi connectivity index (χ3v) is 3.19. The van der Waals surface area contributed by atoms with Crippen molar-refractivity contribution in [2.45, 2.75) is 39.2 Å². The van der Waals surface area contributed by atoms with Crippen molar-refractivity contribution in [1.82, 2.24) is 0 Å². The predicted octanol–water partition coefficient (Wildman–Crippen LogP) is 2.21. The molecule has 0 spiro atoms. The number of allylic oxidation sites excluding steroid dienone is 1. The van der Waals surface area contributed by atoms with E-state index < -0.39 is 21.4 Å². The molecule has 1 rings (SSSR count). The molecule has 1 aliphatic rings. The molecule has 0 saturated heterocycles. The highest BCUT2D eigenvalue weighted by Crippen LogP contribution is 2.32. The Hall–Kier alpha value is -1.99. The lowest BCUT2D eigenvalue weighted by Crippen LogP contribution is -2.34. The maximum Gasteiger partial charge on any atom is 0.718 e. The van der Waals surface area contributed by atoms with Gasteiger partial charge < -0.3 is 20.2 Å². The Bertz CT molecular complexity index is 414. The van der Waals surface area contributed by atoms with Crippen LogP contribution in [0.4, 0.5) is 0 Å². The highest BCUT2D eigenvalue weighted by atomic mass is 16.7. The molecule has 0 bridgehead atoms. The third-order valence-electron chi connectivity index (χ3n) is 3.19. The smallest absolute Gasteiger partial charge is 0.320 e. The van der Waals surface area contributed by atoms with Gasteiger partial charge in [-0.25, -0.2) is 0 Å². The largest absolute Gasteiger partial charge is 0.718 e. The molecule has 106 valence electrons. The van der Waals surface area contributed by atoms with Crippen molar-refractivity contribution >= 4 is 5.96 Å². The van der Waals surface area contributed by atoms with E-state index in [2.05, 4.69) is 12.1 Å². The van der Waals surface area contributed by atoms with E-state index in [1.54, 1.807) is 13.8 Å². The molecule has 0 saturated carbocycles. The van der Waals surface area contributed by atoms with Crippen LogP contribution < -0.4 is 0 Å². The maximum absolute atomic E-state index is 10.4. The second kappa shape index (κ2) is 5.77. The molecule has 1 aliphatic carbocycles. The normalized spacial score (nSPS) is 22.7. The predicted molar refractivity (Wildman–Crippen MR) is 67.6 cm³/mol. The number of guanidine groups is 1. The van der Waals surface area contributed by atoms with E-state index in [1.165, 1.54) is 0 Å². The van der Waals surface area contributed by atoms with E-state index in [1.807, 2.05) is 12.2 Å². The lowest BCUT2D eigenvalue weighted by Gasteiger charge is -2.29. The Morgan fingerprint density at radius 1 is 1.26 bits per heavy atom. The minimum atomic E-state index is -1.40. The summed E-state index contributed by atoms with van der Waals surface area (Å²) in [5.74, 6) is -0.892. The quantitative estimate of drug-likeness (QED) is 0.257. The molecule has 19 heavy (non-hydrogen) atoms. The van der Waals surface area contributed by atoms with E-state index >= 15 is 0 Å². The van der Waals surface area contributed by atoms with E-state index in [0.29, 0.717) is 5.92 Å². The van der Waals surface area contributed by atoms with Crippen molar-refractivity contribution in [3.05, 3.63) is 32.4 Å². The Balaban J connectivity index is 2.79. The van der Waals surface area contributed by atoms with Gasteiger partial charge in [0.05, 0.1) is 9.85 Å². The van der Waals surface area contributed by atoms with Crippen LogP contribution in [-0.4, -0.2) is 21.4 Å². The molecular formula is C11H17N3O5.